The van der Waals surface area contributed by atoms with Crippen molar-refractivity contribution in [3.8, 4) is 0 Å². The zero-order valence-electron chi connectivity index (χ0n) is 15.7. The van der Waals surface area contributed by atoms with Gasteiger partial charge in [0.25, 0.3) is 0 Å². The molecule has 6 heteroatoms. The number of hydrogen-bond acceptors (Lipinski definition) is 3. The molecule has 3 rings (SSSR count). The van der Waals surface area contributed by atoms with Crippen molar-refractivity contribution in [2.24, 2.45) is 5.92 Å². The SMILES string of the molecule is CCNCC1CCN(C(=O)CNC(=O)N2CCc3ccccc3C2)CC1. The molecule has 0 atom stereocenters. The molecule has 0 unspecified atom stereocenters. The monoisotopic (exact) mass is 358 g/mol. The molecule has 0 aliphatic carbocycles. The largest absolute Gasteiger partial charge is 0.341 e. The Kier molecular flexibility index (Phi) is 6.50. The maximum absolute atomic E-state index is 12.4. The van der Waals surface area contributed by atoms with Crippen molar-refractivity contribution in [2.45, 2.75) is 32.7 Å². The predicted molar refractivity (Wildman–Crippen MR) is 102 cm³/mol. The number of hydrogen-bond donors (Lipinski definition) is 2. The minimum atomic E-state index is -0.144. The summed E-state index contributed by atoms with van der Waals surface area (Å²) in [5, 5.41) is 6.19. The third-order valence-electron chi connectivity index (χ3n) is 5.46. The number of nitrogens with zero attached hydrogens (tertiary/aromatic N) is 2. The maximum Gasteiger partial charge on any atom is 0.318 e. The van der Waals surface area contributed by atoms with E-state index in [2.05, 4.69) is 29.7 Å². The second kappa shape index (κ2) is 9.03. The van der Waals surface area contributed by atoms with Crippen LogP contribution in [0.5, 0.6) is 0 Å². The zero-order valence-corrected chi connectivity index (χ0v) is 15.7. The van der Waals surface area contributed by atoms with Crippen LogP contribution in [0, 0.1) is 5.92 Å². The number of nitrogens with one attached hydrogen (secondary N) is 2. The Balaban J connectivity index is 1.40. The average Bonchev–Trinajstić information content (AvgIpc) is 2.70. The molecule has 0 radical (unpaired) electrons. The van der Waals surface area contributed by atoms with Gasteiger partial charge in [0.1, 0.15) is 0 Å². The second-order valence-electron chi connectivity index (χ2n) is 7.23. The standard InChI is InChI=1S/C20H30N4O2/c1-2-21-13-16-7-10-23(11-8-16)19(25)14-22-20(26)24-12-9-17-5-3-4-6-18(17)15-24/h3-6,16,21H,2,7-15H2,1H3,(H,22,26). The molecule has 0 bridgehead atoms. The van der Waals surface area contributed by atoms with Gasteiger partial charge < -0.3 is 20.4 Å². The van der Waals surface area contributed by atoms with E-state index in [-0.39, 0.29) is 18.5 Å². The Labute approximate surface area is 155 Å². The Morgan fingerprint density at radius 3 is 2.54 bits per heavy atom. The first-order chi connectivity index (χ1) is 12.7. The average molecular weight is 358 g/mol. The lowest BCUT2D eigenvalue weighted by atomic mass is 9.97. The highest BCUT2D eigenvalue weighted by Crippen LogP contribution is 2.18. The third-order valence-corrected chi connectivity index (χ3v) is 5.46. The molecule has 1 aromatic carbocycles. The summed E-state index contributed by atoms with van der Waals surface area (Å²) in [4.78, 5) is 28.5. The van der Waals surface area contributed by atoms with E-state index in [0.29, 0.717) is 19.0 Å². The van der Waals surface area contributed by atoms with Crippen LogP contribution < -0.4 is 10.6 Å². The second-order valence-corrected chi connectivity index (χ2v) is 7.23. The molecule has 0 spiro atoms. The molecule has 6 nitrogen and oxygen atoms in total. The normalized spacial score (nSPS) is 17.7. The van der Waals surface area contributed by atoms with E-state index in [9.17, 15) is 9.59 Å². The van der Waals surface area contributed by atoms with Crippen LogP contribution in [0.2, 0.25) is 0 Å². The molecule has 1 fully saturated rings. The quantitative estimate of drug-likeness (QED) is 0.840. The Morgan fingerprint density at radius 2 is 1.81 bits per heavy atom. The first-order valence-electron chi connectivity index (χ1n) is 9.75. The molecule has 2 aliphatic heterocycles. The minimum Gasteiger partial charge on any atom is -0.341 e. The van der Waals surface area contributed by atoms with E-state index in [4.69, 9.17) is 0 Å². The summed E-state index contributed by atoms with van der Waals surface area (Å²) in [6, 6.07) is 8.08. The summed E-state index contributed by atoms with van der Waals surface area (Å²) in [6.07, 6.45) is 2.95. The summed E-state index contributed by atoms with van der Waals surface area (Å²) in [6.45, 7) is 7.14. The van der Waals surface area contributed by atoms with Crippen LogP contribution >= 0.6 is 0 Å². The van der Waals surface area contributed by atoms with Crippen molar-refractivity contribution < 1.29 is 9.59 Å². The number of carbonyl (C=O) groups is 2. The fourth-order valence-electron chi connectivity index (χ4n) is 3.78. The van der Waals surface area contributed by atoms with Crippen molar-refractivity contribution >= 4 is 11.9 Å². The van der Waals surface area contributed by atoms with Crippen LogP contribution in [0.3, 0.4) is 0 Å². The van der Waals surface area contributed by atoms with Crippen molar-refractivity contribution in [1.29, 1.82) is 0 Å². The van der Waals surface area contributed by atoms with E-state index in [1.807, 2.05) is 17.0 Å². The van der Waals surface area contributed by atoms with E-state index < -0.39 is 0 Å². The molecule has 1 aromatic rings. The highest BCUT2D eigenvalue weighted by atomic mass is 16.2. The molecule has 142 valence electrons. The summed E-state index contributed by atoms with van der Waals surface area (Å²) in [5.74, 6) is 0.680. The third kappa shape index (κ3) is 4.75. The van der Waals surface area contributed by atoms with Gasteiger partial charge in [0, 0.05) is 26.2 Å². The zero-order chi connectivity index (χ0) is 18.4. The van der Waals surface area contributed by atoms with E-state index in [0.717, 1.165) is 45.4 Å². The molecular formula is C20H30N4O2. The van der Waals surface area contributed by atoms with Crippen molar-refractivity contribution in [3.63, 3.8) is 0 Å². The first-order valence-corrected chi connectivity index (χ1v) is 9.75. The van der Waals surface area contributed by atoms with Gasteiger partial charge in [-0.1, -0.05) is 31.2 Å². The van der Waals surface area contributed by atoms with Gasteiger partial charge in [-0.15, -0.1) is 0 Å². The number of fused-ring (bicyclic) bond motifs is 1. The molecule has 0 saturated carbocycles. The molecule has 2 heterocycles. The topological polar surface area (TPSA) is 64.7 Å². The van der Waals surface area contributed by atoms with Gasteiger partial charge in [0.15, 0.2) is 0 Å². The summed E-state index contributed by atoms with van der Waals surface area (Å²) in [7, 11) is 0. The molecule has 1 saturated heterocycles. The highest BCUT2D eigenvalue weighted by molar-refractivity contribution is 5.84. The van der Waals surface area contributed by atoms with Gasteiger partial charge >= 0.3 is 6.03 Å². The molecule has 3 amide bonds. The molecule has 0 aromatic heterocycles. The number of likely N-dealkylation sites (tertiary alicyclic amines) is 1. The van der Waals surface area contributed by atoms with Gasteiger partial charge in [-0.05, 0) is 49.4 Å². The van der Waals surface area contributed by atoms with E-state index >= 15 is 0 Å². The van der Waals surface area contributed by atoms with Crippen LogP contribution in [0.4, 0.5) is 4.79 Å². The maximum atomic E-state index is 12.4. The van der Waals surface area contributed by atoms with Crippen molar-refractivity contribution in [1.82, 2.24) is 20.4 Å². The van der Waals surface area contributed by atoms with Crippen LogP contribution in [0.25, 0.3) is 0 Å². The van der Waals surface area contributed by atoms with Crippen LogP contribution in [0.1, 0.15) is 30.9 Å². The van der Waals surface area contributed by atoms with Crippen molar-refractivity contribution in [3.05, 3.63) is 35.4 Å². The lowest BCUT2D eigenvalue weighted by molar-refractivity contribution is -0.131. The number of piperidine rings is 1. The highest BCUT2D eigenvalue weighted by Gasteiger charge is 2.24. The van der Waals surface area contributed by atoms with Gasteiger partial charge in [0.2, 0.25) is 5.91 Å². The molecular weight excluding hydrogens is 328 g/mol. The smallest absolute Gasteiger partial charge is 0.318 e. The lowest BCUT2D eigenvalue weighted by Crippen LogP contribution is -2.48. The van der Waals surface area contributed by atoms with Gasteiger partial charge in [-0.25, -0.2) is 4.79 Å². The van der Waals surface area contributed by atoms with Gasteiger partial charge in [-0.2, -0.15) is 0 Å². The fraction of sp³-hybridized carbons (Fsp3) is 0.600. The van der Waals surface area contributed by atoms with Crippen LogP contribution in [0.15, 0.2) is 24.3 Å². The summed E-state index contributed by atoms with van der Waals surface area (Å²) in [5.41, 5.74) is 2.51. The predicted octanol–water partition coefficient (Wildman–Crippen LogP) is 1.60. The minimum absolute atomic E-state index is 0.0256. The number of amides is 3. The van der Waals surface area contributed by atoms with E-state index in [1.54, 1.807) is 4.90 Å². The first kappa shape index (κ1) is 18.7. The van der Waals surface area contributed by atoms with E-state index in [1.165, 1.54) is 11.1 Å². The molecule has 2 aliphatic rings. The lowest BCUT2D eigenvalue weighted by Gasteiger charge is -2.33. The van der Waals surface area contributed by atoms with Gasteiger partial charge in [-0.3, -0.25) is 4.79 Å². The number of rotatable bonds is 5. The number of urea groups is 1. The van der Waals surface area contributed by atoms with Crippen molar-refractivity contribution in [2.75, 3.05) is 39.3 Å². The summed E-state index contributed by atoms with van der Waals surface area (Å²) >= 11 is 0. The fourth-order valence-corrected chi connectivity index (χ4v) is 3.78. The Hall–Kier alpha value is -2.08. The van der Waals surface area contributed by atoms with Gasteiger partial charge in [0.05, 0.1) is 6.54 Å². The number of benzene rings is 1. The summed E-state index contributed by atoms with van der Waals surface area (Å²) < 4.78 is 0. The van der Waals surface area contributed by atoms with Crippen LogP contribution in [-0.4, -0.2) is 61.0 Å². The van der Waals surface area contributed by atoms with Crippen LogP contribution in [-0.2, 0) is 17.8 Å². The molecule has 2 N–H and O–H groups in total. The Morgan fingerprint density at radius 1 is 1.08 bits per heavy atom. The number of carbonyl (C=O) groups excluding carboxylic acids is 2. The molecule has 26 heavy (non-hydrogen) atoms. The Bertz CT molecular complexity index is 626.